The Morgan fingerprint density at radius 1 is 1.13 bits per heavy atom. The molecule has 2 heterocycles. The van der Waals surface area contributed by atoms with Gasteiger partial charge < -0.3 is 5.32 Å². The summed E-state index contributed by atoms with van der Waals surface area (Å²) in [4.78, 5) is 25.7. The number of benzene rings is 2. The molecule has 31 heavy (non-hydrogen) atoms. The lowest BCUT2D eigenvalue weighted by atomic mass is 10.1. The summed E-state index contributed by atoms with van der Waals surface area (Å²) in [5, 5.41) is 11.7. The third-order valence-electron chi connectivity index (χ3n) is 4.76. The summed E-state index contributed by atoms with van der Waals surface area (Å²) in [6.07, 6.45) is 1.59. The summed E-state index contributed by atoms with van der Waals surface area (Å²) in [5.74, 6) is -2.37. The van der Waals surface area contributed by atoms with E-state index in [4.69, 9.17) is 0 Å². The smallest absolute Gasteiger partial charge is 0.293 e. The number of hydrogen-bond acceptors (Lipinski definition) is 4. The van der Waals surface area contributed by atoms with Gasteiger partial charge in [-0.1, -0.05) is 32.0 Å². The van der Waals surface area contributed by atoms with E-state index in [-0.39, 0.29) is 11.6 Å². The molecule has 2 aromatic heterocycles. The predicted molar refractivity (Wildman–Crippen MR) is 112 cm³/mol. The Labute approximate surface area is 175 Å². The zero-order valence-corrected chi connectivity index (χ0v) is 16.8. The van der Waals surface area contributed by atoms with Crippen LogP contribution in [0.3, 0.4) is 0 Å². The number of carbonyl (C=O) groups is 1. The Hall–Kier alpha value is -3.88. The van der Waals surface area contributed by atoms with Gasteiger partial charge in [0, 0.05) is 11.5 Å². The number of nitrogens with zero attached hydrogens (tertiary/aromatic N) is 4. The van der Waals surface area contributed by atoms with Gasteiger partial charge in [-0.15, -0.1) is 0 Å². The molecule has 9 heteroatoms. The number of rotatable bonds is 5. The molecule has 2 aromatic carbocycles. The molecule has 0 radical (unpaired) electrons. The van der Waals surface area contributed by atoms with Crippen molar-refractivity contribution in [3.63, 3.8) is 0 Å². The second-order valence-corrected chi connectivity index (χ2v) is 7.33. The van der Waals surface area contributed by atoms with Crippen LogP contribution in [0, 0.1) is 11.6 Å². The third-order valence-corrected chi connectivity index (χ3v) is 4.76. The molecule has 158 valence electrons. The minimum Gasteiger partial charge on any atom is -0.322 e. The SMILES string of the molecule is CC(C)c1nn(CC(=O)Nc2ccc(F)cc2F)c(=O)c2c1cnn2-c1ccccc1. The lowest BCUT2D eigenvalue weighted by molar-refractivity contribution is -0.117. The predicted octanol–water partition coefficient (Wildman–Crippen LogP) is 3.62. The van der Waals surface area contributed by atoms with Gasteiger partial charge in [-0.2, -0.15) is 10.2 Å². The van der Waals surface area contributed by atoms with Crippen LogP contribution in [-0.2, 0) is 11.3 Å². The van der Waals surface area contributed by atoms with E-state index in [0.717, 1.165) is 16.8 Å². The Kier molecular flexibility index (Phi) is 5.33. The lowest BCUT2D eigenvalue weighted by Gasteiger charge is -2.12. The fraction of sp³-hybridized carbons (Fsp3) is 0.182. The minimum absolute atomic E-state index is 0.0413. The molecule has 0 aliphatic heterocycles. The summed E-state index contributed by atoms with van der Waals surface area (Å²) in [6.45, 7) is 3.40. The molecular weight excluding hydrogens is 404 g/mol. The first-order valence-corrected chi connectivity index (χ1v) is 9.64. The van der Waals surface area contributed by atoms with E-state index >= 15 is 0 Å². The third kappa shape index (κ3) is 3.94. The summed E-state index contributed by atoms with van der Waals surface area (Å²) >= 11 is 0. The molecule has 0 spiro atoms. The molecule has 4 aromatic rings. The van der Waals surface area contributed by atoms with E-state index < -0.39 is 29.6 Å². The monoisotopic (exact) mass is 423 g/mol. The van der Waals surface area contributed by atoms with Crippen LogP contribution in [-0.4, -0.2) is 25.5 Å². The van der Waals surface area contributed by atoms with Gasteiger partial charge in [0.05, 0.1) is 23.3 Å². The van der Waals surface area contributed by atoms with Gasteiger partial charge in [0.25, 0.3) is 5.56 Å². The highest BCUT2D eigenvalue weighted by Gasteiger charge is 2.20. The molecule has 0 saturated heterocycles. The van der Waals surface area contributed by atoms with Gasteiger partial charge in [0.1, 0.15) is 23.7 Å². The van der Waals surface area contributed by atoms with E-state index in [0.29, 0.717) is 28.4 Å². The van der Waals surface area contributed by atoms with E-state index in [1.54, 1.807) is 6.20 Å². The molecule has 0 bridgehead atoms. The number of anilines is 1. The topological polar surface area (TPSA) is 81.8 Å². The van der Waals surface area contributed by atoms with Crippen LogP contribution in [0.25, 0.3) is 16.6 Å². The Bertz CT molecular complexity index is 1330. The molecule has 4 rings (SSSR count). The van der Waals surface area contributed by atoms with Crippen molar-refractivity contribution >= 4 is 22.5 Å². The van der Waals surface area contributed by atoms with Crippen molar-refractivity contribution < 1.29 is 13.6 Å². The molecule has 1 amide bonds. The van der Waals surface area contributed by atoms with Gasteiger partial charge in [-0.25, -0.2) is 18.1 Å². The van der Waals surface area contributed by atoms with Crippen LogP contribution in [0.4, 0.5) is 14.5 Å². The summed E-state index contributed by atoms with van der Waals surface area (Å²) < 4.78 is 29.5. The zero-order valence-electron chi connectivity index (χ0n) is 16.8. The molecule has 7 nitrogen and oxygen atoms in total. The van der Waals surface area contributed by atoms with Crippen molar-refractivity contribution in [1.82, 2.24) is 19.6 Å². The van der Waals surface area contributed by atoms with E-state index in [2.05, 4.69) is 15.5 Å². The Morgan fingerprint density at radius 2 is 1.87 bits per heavy atom. The van der Waals surface area contributed by atoms with Gasteiger partial charge in [-0.05, 0) is 30.2 Å². The van der Waals surface area contributed by atoms with Crippen LogP contribution in [0.1, 0.15) is 25.5 Å². The number of para-hydroxylation sites is 1. The maximum Gasteiger partial charge on any atom is 0.293 e. The molecule has 0 aliphatic rings. The largest absolute Gasteiger partial charge is 0.322 e. The van der Waals surface area contributed by atoms with E-state index in [1.165, 1.54) is 4.68 Å². The second-order valence-electron chi connectivity index (χ2n) is 7.33. The minimum atomic E-state index is -0.908. The fourth-order valence-electron chi connectivity index (χ4n) is 3.31. The average Bonchev–Trinajstić information content (AvgIpc) is 3.18. The number of aromatic nitrogens is 4. The molecule has 0 unspecified atom stereocenters. The molecule has 0 fully saturated rings. The Morgan fingerprint density at radius 3 is 2.55 bits per heavy atom. The molecule has 0 saturated carbocycles. The van der Waals surface area contributed by atoms with Crippen LogP contribution < -0.4 is 10.9 Å². The number of hydrogen-bond donors (Lipinski definition) is 1. The fourth-order valence-corrected chi connectivity index (χ4v) is 3.31. The standard InChI is InChI=1S/C22H19F2N5O2/c1-13(2)20-16-11-25-29(15-6-4-3-5-7-15)21(16)22(31)28(27-20)12-19(30)26-18-9-8-14(23)10-17(18)24/h3-11,13H,12H2,1-2H3,(H,26,30). The first-order chi connectivity index (χ1) is 14.8. The van der Waals surface area contributed by atoms with Gasteiger partial charge >= 0.3 is 0 Å². The summed E-state index contributed by atoms with van der Waals surface area (Å²) in [6, 6.07) is 12.0. The zero-order chi connectivity index (χ0) is 22.1. The van der Waals surface area contributed by atoms with Gasteiger partial charge in [0.2, 0.25) is 5.91 Å². The van der Waals surface area contributed by atoms with Crippen molar-refractivity contribution in [3.8, 4) is 5.69 Å². The number of fused-ring (bicyclic) bond motifs is 1. The number of nitrogens with one attached hydrogen (secondary N) is 1. The van der Waals surface area contributed by atoms with Gasteiger partial charge in [0.15, 0.2) is 0 Å². The van der Waals surface area contributed by atoms with Crippen molar-refractivity contribution in [2.75, 3.05) is 5.32 Å². The number of amides is 1. The van der Waals surface area contributed by atoms with Crippen molar-refractivity contribution in [2.45, 2.75) is 26.3 Å². The highest BCUT2D eigenvalue weighted by atomic mass is 19.1. The van der Waals surface area contributed by atoms with Crippen molar-refractivity contribution in [3.05, 3.63) is 82.4 Å². The normalized spacial score (nSPS) is 11.3. The number of carbonyl (C=O) groups excluding carboxylic acids is 1. The highest BCUT2D eigenvalue weighted by Crippen LogP contribution is 2.23. The van der Waals surface area contributed by atoms with Crippen LogP contribution in [0.2, 0.25) is 0 Å². The average molecular weight is 423 g/mol. The summed E-state index contributed by atoms with van der Waals surface area (Å²) in [5.41, 5.74) is 0.914. The van der Waals surface area contributed by atoms with E-state index in [9.17, 15) is 18.4 Å². The quantitative estimate of drug-likeness (QED) is 0.532. The van der Waals surface area contributed by atoms with Gasteiger partial charge in [-0.3, -0.25) is 9.59 Å². The maximum atomic E-state index is 13.9. The maximum absolute atomic E-state index is 13.9. The lowest BCUT2D eigenvalue weighted by Crippen LogP contribution is -2.31. The van der Waals surface area contributed by atoms with Crippen LogP contribution in [0.5, 0.6) is 0 Å². The molecule has 1 N–H and O–H groups in total. The molecular formula is C22H19F2N5O2. The van der Waals surface area contributed by atoms with Crippen LogP contribution >= 0.6 is 0 Å². The van der Waals surface area contributed by atoms with Crippen LogP contribution in [0.15, 0.2) is 59.5 Å². The Balaban J connectivity index is 1.76. The summed E-state index contributed by atoms with van der Waals surface area (Å²) in [7, 11) is 0. The molecule has 0 aliphatic carbocycles. The molecule has 0 atom stereocenters. The highest BCUT2D eigenvalue weighted by molar-refractivity contribution is 5.91. The van der Waals surface area contributed by atoms with E-state index in [1.807, 2.05) is 44.2 Å². The number of halogens is 2. The van der Waals surface area contributed by atoms with Crippen molar-refractivity contribution in [2.24, 2.45) is 0 Å². The van der Waals surface area contributed by atoms with Crippen molar-refractivity contribution in [1.29, 1.82) is 0 Å². The first-order valence-electron chi connectivity index (χ1n) is 9.64. The first kappa shape index (κ1) is 20.4. The second kappa shape index (κ2) is 8.10.